The van der Waals surface area contributed by atoms with Gasteiger partial charge in [-0.25, -0.2) is 28.0 Å². The highest BCUT2D eigenvalue weighted by molar-refractivity contribution is 5.99. The number of pyridine rings is 1. The first-order valence-corrected chi connectivity index (χ1v) is 7.84. The molecule has 1 atom stereocenters. The molecule has 0 aliphatic carbocycles. The molecule has 2 rings (SSSR count). The van der Waals surface area contributed by atoms with E-state index in [0.29, 0.717) is 12.1 Å². The van der Waals surface area contributed by atoms with E-state index in [1.54, 1.807) is 10.8 Å². The summed E-state index contributed by atoms with van der Waals surface area (Å²) in [4.78, 5) is 19.7. The monoisotopic (exact) mass is 443 g/mol. The van der Waals surface area contributed by atoms with E-state index in [0.717, 1.165) is 0 Å². The molecule has 0 radical (unpaired) electrons. The number of anilines is 2. The third-order valence-electron chi connectivity index (χ3n) is 3.49. The van der Waals surface area contributed by atoms with Crippen LogP contribution in [0.3, 0.4) is 0 Å². The van der Waals surface area contributed by atoms with Crippen LogP contribution in [-0.4, -0.2) is 40.4 Å². The summed E-state index contributed by atoms with van der Waals surface area (Å²) in [6.07, 6.45) is -6.84. The second-order valence-corrected chi connectivity index (χ2v) is 5.63. The molecular formula is C16H12F7N3O4. The molecule has 0 aliphatic rings. The number of benzene rings is 1. The van der Waals surface area contributed by atoms with Crippen molar-refractivity contribution in [1.29, 1.82) is 0 Å². The van der Waals surface area contributed by atoms with Crippen LogP contribution < -0.4 is 10.8 Å². The molecule has 0 unspecified atom stereocenters. The van der Waals surface area contributed by atoms with Crippen molar-refractivity contribution in [1.82, 2.24) is 10.5 Å². The molecule has 1 amide bonds. The minimum absolute atomic E-state index is 0.00454. The number of halogens is 7. The summed E-state index contributed by atoms with van der Waals surface area (Å²) in [5, 5.41) is 19.4. The predicted octanol–water partition coefficient (Wildman–Crippen LogP) is 2.42. The maximum absolute atomic E-state index is 14.2. The van der Waals surface area contributed by atoms with Gasteiger partial charge in [-0.3, -0.25) is 9.63 Å². The number of rotatable bonds is 7. The van der Waals surface area contributed by atoms with Crippen LogP contribution in [0.25, 0.3) is 0 Å². The molecule has 0 saturated carbocycles. The van der Waals surface area contributed by atoms with Gasteiger partial charge in [0.15, 0.2) is 29.1 Å². The summed E-state index contributed by atoms with van der Waals surface area (Å²) >= 11 is 0. The number of aliphatic hydroxyl groups excluding tert-OH is 2. The highest BCUT2D eigenvalue weighted by atomic mass is 19.4. The van der Waals surface area contributed by atoms with Crippen molar-refractivity contribution in [2.45, 2.75) is 12.3 Å². The Kier molecular flexibility index (Phi) is 7.17. The van der Waals surface area contributed by atoms with Crippen LogP contribution in [-0.2, 0) is 11.0 Å². The van der Waals surface area contributed by atoms with Crippen LogP contribution in [0.2, 0.25) is 0 Å². The Labute approximate surface area is 163 Å². The van der Waals surface area contributed by atoms with Crippen LogP contribution in [0, 0.1) is 23.3 Å². The zero-order valence-corrected chi connectivity index (χ0v) is 14.5. The Hall–Kier alpha value is -2.97. The zero-order chi connectivity index (χ0) is 22.6. The van der Waals surface area contributed by atoms with E-state index in [4.69, 9.17) is 10.2 Å². The predicted molar refractivity (Wildman–Crippen MR) is 85.3 cm³/mol. The molecule has 1 aromatic heterocycles. The third kappa shape index (κ3) is 5.14. The second kappa shape index (κ2) is 9.23. The third-order valence-corrected chi connectivity index (χ3v) is 3.49. The summed E-state index contributed by atoms with van der Waals surface area (Å²) in [5.41, 5.74) is -2.50. The lowest BCUT2D eigenvalue weighted by atomic mass is 10.1. The van der Waals surface area contributed by atoms with Gasteiger partial charge in [0.2, 0.25) is 0 Å². The molecule has 1 heterocycles. The van der Waals surface area contributed by atoms with Crippen molar-refractivity contribution in [3.8, 4) is 0 Å². The van der Waals surface area contributed by atoms with Crippen LogP contribution >= 0.6 is 0 Å². The van der Waals surface area contributed by atoms with Crippen LogP contribution in [0.5, 0.6) is 0 Å². The van der Waals surface area contributed by atoms with E-state index in [1.165, 1.54) is 0 Å². The number of carbonyl (C=O) groups excluding carboxylic acids is 1. The quantitative estimate of drug-likeness (QED) is 0.387. The number of aliphatic hydroxyl groups is 2. The molecule has 0 saturated heterocycles. The molecule has 0 spiro atoms. The standard InChI is InChI=1S/C16H12F7N3O4/c17-8-2-1-7(15(29)26-30-5-6(28)4-27)13(11(8)19)25-14-12(20)10(16(21,22)23)9(18)3-24-14/h1-3,6,27-28H,4-5H2,(H,24,25)(H,26,29)/t6-/m1/s1. The van der Waals surface area contributed by atoms with Gasteiger partial charge in [0.25, 0.3) is 5.91 Å². The van der Waals surface area contributed by atoms with Crippen molar-refractivity contribution >= 4 is 17.4 Å². The molecule has 14 heteroatoms. The van der Waals surface area contributed by atoms with Gasteiger partial charge >= 0.3 is 6.18 Å². The summed E-state index contributed by atoms with van der Waals surface area (Å²) < 4.78 is 93.7. The van der Waals surface area contributed by atoms with E-state index < -0.39 is 77.3 Å². The first-order valence-electron chi connectivity index (χ1n) is 7.84. The van der Waals surface area contributed by atoms with Gasteiger partial charge in [-0.15, -0.1) is 0 Å². The molecule has 1 aromatic carbocycles. The molecule has 0 fully saturated rings. The normalized spacial score (nSPS) is 12.6. The first kappa shape index (κ1) is 23.3. The number of amides is 1. The molecule has 30 heavy (non-hydrogen) atoms. The lowest BCUT2D eigenvalue weighted by Crippen LogP contribution is -2.30. The number of aromatic nitrogens is 1. The van der Waals surface area contributed by atoms with Gasteiger partial charge in [0, 0.05) is 0 Å². The van der Waals surface area contributed by atoms with Gasteiger partial charge < -0.3 is 15.5 Å². The van der Waals surface area contributed by atoms with Crippen molar-refractivity contribution in [3.63, 3.8) is 0 Å². The van der Waals surface area contributed by atoms with Gasteiger partial charge in [0.05, 0.1) is 24.1 Å². The van der Waals surface area contributed by atoms with Crippen molar-refractivity contribution in [3.05, 3.63) is 52.7 Å². The topological polar surface area (TPSA) is 104 Å². The number of alkyl halides is 3. The summed E-state index contributed by atoms with van der Waals surface area (Å²) in [6, 6.07) is 1.18. The number of carbonyl (C=O) groups is 1. The highest BCUT2D eigenvalue weighted by Crippen LogP contribution is 2.36. The minimum atomic E-state index is -5.46. The highest BCUT2D eigenvalue weighted by Gasteiger charge is 2.39. The second-order valence-electron chi connectivity index (χ2n) is 5.63. The van der Waals surface area contributed by atoms with Crippen LogP contribution in [0.15, 0.2) is 18.3 Å². The van der Waals surface area contributed by atoms with Gasteiger partial charge in [-0.05, 0) is 12.1 Å². The molecule has 0 aliphatic heterocycles. The van der Waals surface area contributed by atoms with Gasteiger partial charge in [-0.2, -0.15) is 13.2 Å². The Morgan fingerprint density at radius 1 is 1.13 bits per heavy atom. The molecule has 7 nitrogen and oxygen atoms in total. The fourth-order valence-corrected chi connectivity index (χ4v) is 2.10. The molecule has 4 N–H and O–H groups in total. The molecular weight excluding hydrogens is 431 g/mol. The van der Waals surface area contributed by atoms with E-state index in [1.807, 2.05) is 0 Å². The maximum atomic E-state index is 14.2. The Morgan fingerprint density at radius 3 is 2.40 bits per heavy atom. The van der Waals surface area contributed by atoms with Gasteiger partial charge in [0.1, 0.15) is 18.3 Å². The van der Waals surface area contributed by atoms with Gasteiger partial charge in [-0.1, -0.05) is 0 Å². The number of hydrogen-bond acceptors (Lipinski definition) is 6. The van der Waals surface area contributed by atoms with E-state index >= 15 is 0 Å². The average molecular weight is 443 g/mol. The van der Waals surface area contributed by atoms with Crippen molar-refractivity contribution in [2.24, 2.45) is 0 Å². The molecule has 0 bridgehead atoms. The summed E-state index contributed by atoms with van der Waals surface area (Å²) in [7, 11) is 0. The largest absolute Gasteiger partial charge is 0.422 e. The number of hydrogen-bond donors (Lipinski definition) is 4. The smallest absolute Gasteiger partial charge is 0.394 e. The van der Waals surface area contributed by atoms with E-state index in [2.05, 4.69) is 9.82 Å². The number of nitrogens with one attached hydrogen (secondary N) is 2. The average Bonchev–Trinajstić information content (AvgIpc) is 2.66. The fraction of sp³-hybridized carbons (Fsp3) is 0.250. The van der Waals surface area contributed by atoms with Crippen molar-refractivity contribution < 1.29 is 50.6 Å². The zero-order valence-electron chi connectivity index (χ0n) is 14.5. The SMILES string of the molecule is O=C(NOC[C@H](O)CO)c1ccc(F)c(F)c1Nc1ncc(F)c(C(F)(F)F)c1F. The van der Waals surface area contributed by atoms with E-state index in [9.17, 15) is 35.5 Å². The van der Waals surface area contributed by atoms with Crippen molar-refractivity contribution in [2.75, 3.05) is 18.5 Å². The Balaban J connectivity index is 2.41. The van der Waals surface area contributed by atoms with Crippen LogP contribution in [0.1, 0.15) is 15.9 Å². The fourth-order valence-electron chi connectivity index (χ4n) is 2.10. The Morgan fingerprint density at radius 2 is 1.80 bits per heavy atom. The summed E-state index contributed by atoms with van der Waals surface area (Å²) in [6.45, 7) is -1.32. The lowest BCUT2D eigenvalue weighted by molar-refractivity contribution is -0.142. The molecule has 164 valence electrons. The minimum Gasteiger partial charge on any atom is -0.394 e. The van der Waals surface area contributed by atoms with Crippen LogP contribution in [0.4, 0.5) is 42.2 Å². The lowest BCUT2D eigenvalue weighted by Gasteiger charge is -2.16. The Bertz CT molecular complexity index is 940. The number of nitrogens with zero attached hydrogens (tertiary/aromatic N) is 1. The first-order chi connectivity index (χ1) is 14.0. The number of hydroxylamine groups is 1. The summed E-state index contributed by atoms with van der Waals surface area (Å²) in [5.74, 6) is -10.2. The molecule has 2 aromatic rings. The maximum Gasteiger partial charge on any atom is 0.422 e. The van der Waals surface area contributed by atoms with E-state index in [-0.39, 0.29) is 6.20 Å².